The number of halogens is 1. The molecule has 0 atom stereocenters. The molecule has 0 saturated carbocycles. The molecule has 0 aliphatic carbocycles. The van der Waals surface area contributed by atoms with Crippen LogP contribution in [0.3, 0.4) is 0 Å². The minimum atomic E-state index is -0.130. The minimum absolute atomic E-state index is 0.130. The lowest BCUT2D eigenvalue weighted by molar-refractivity contribution is 0.103. The standard InChI is InChI=1S/C12H12ClN3OS/c1-2-3-8-10(16-12(18)15-8)11(17)7-4-5-9(13)14-6-7/h4-6H,2-3H2,1H3,(H2,15,16,18). The molecule has 0 fully saturated rings. The van der Waals surface area contributed by atoms with E-state index in [0.717, 1.165) is 18.5 Å². The van der Waals surface area contributed by atoms with Crippen LogP contribution >= 0.6 is 23.8 Å². The molecule has 0 spiro atoms. The molecule has 6 heteroatoms. The van der Waals surface area contributed by atoms with Crippen LogP contribution in [0.2, 0.25) is 5.15 Å². The molecule has 2 aromatic heterocycles. The molecule has 2 heterocycles. The Labute approximate surface area is 114 Å². The molecular weight excluding hydrogens is 270 g/mol. The molecule has 18 heavy (non-hydrogen) atoms. The molecule has 0 amide bonds. The third-order valence-electron chi connectivity index (χ3n) is 2.52. The second kappa shape index (κ2) is 5.46. The van der Waals surface area contributed by atoms with Gasteiger partial charge in [0.2, 0.25) is 5.78 Å². The maximum Gasteiger partial charge on any atom is 0.212 e. The summed E-state index contributed by atoms with van der Waals surface area (Å²) in [6.07, 6.45) is 3.17. The van der Waals surface area contributed by atoms with E-state index in [1.54, 1.807) is 12.1 Å². The van der Waals surface area contributed by atoms with E-state index in [1.165, 1.54) is 6.20 Å². The van der Waals surface area contributed by atoms with E-state index in [-0.39, 0.29) is 5.78 Å². The van der Waals surface area contributed by atoms with Crippen molar-refractivity contribution in [2.75, 3.05) is 0 Å². The molecule has 2 aromatic rings. The summed E-state index contributed by atoms with van der Waals surface area (Å²) >= 11 is 10.7. The molecule has 0 aliphatic rings. The van der Waals surface area contributed by atoms with Crippen LogP contribution in [-0.2, 0) is 6.42 Å². The van der Waals surface area contributed by atoms with Gasteiger partial charge in [0.15, 0.2) is 4.77 Å². The molecule has 2 N–H and O–H groups in total. The van der Waals surface area contributed by atoms with Gasteiger partial charge in [-0.1, -0.05) is 24.9 Å². The average molecular weight is 282 g/mol. The monoisotopic (exact) mass is 281 g/mol. The number of aryl methyl sites for hydroxylation is 1. The minimum Gasteiger partial charge on any atom is -0.334 e. The fourth-order valence-electron chi connectivity index (χ4n) is 1.71. The van der Waals surface area contributed by atoms with E-state index in [0.29, 0.717) is 21.2 Å². The summed E-state index contributed by atoms with van der Waals surface area (Å²) in [5.74, 6) is -0.130. The molecule has 0 radical (unpaired) electrons. The van der Waals surface area contributed by atoms with Gasteiger partial charge in [-0.3, -0.25) is 4.79 Å². The molecule has 0 bridgehead atoms. The van der Waals surface area contributed by atoms with Crippen molar-refractivity contribution < 1.29 is 4.79 Å². The zero-order chi connectivity index (χ0) is 13.1. The quantitative estimate of drug-likeness (QED) is 0.513. The van der Waals surface area contributed by atoms with Crippen molar-refractivity contribution in [3.8, 4) is 0 Å². The Kier molecular flexibility index (Phi) is 3.93. The number of hydrogen-bond donors (Lipinski definition) is 2. The van der Waals surface area contributed by atoms with Gasteiger partial charge in [-0.05, 0) is 30.8 Å². The van der Waals surface area contributed by atoms with Gasteiger partial charge in [0.05, 0.1) is 0 Å². The van der Waals surface area contributed by atoms with Gasteiger partial charge < -0.3 is 9.97 Å². The van der Waals surface area contributed by atoms with E-state index >= 15 is 0 Å². The van der Waals surface area contributed by atoms with E-state index in [1.807, 2.05) is 6.92 Å². The summed E-state index contributed by atoms with van der Waals surface area (Å²) in [4.78, 5) is 22.1. The summed E-state index contributed by atoms with van der Waals surface area (Å²) in [7, 11) is 0. The molecule has 0 aromatic carbocycles. The summed E-state index contributed by atoms with van der Waals surface area (Å²) < 4.78 is 0.462. The average Bonchev–Trinajstić information content (AvgIpc) is 2.71. The first-order valence-electron chi connectivity index (χ1n) is 5.59. The first-order valence-corrected chi connectivity index (χ1v) is 6.38. The Morgan fingerprint density at radius 3 is 2.83 bits per heavy atom. The van der Waals surface area contributed by atoms with E-state index in [2.05, 4.69) is 15.0 Å². The van der Waals surface area contributed by atoms with Gasteiger partial charge >= 0.3 is 0 Å². The number of aromatic amines is 2. The molecule has 0 saturated heterocycles. The van der Waals surface area contributed by atoms with Crippen LogP contribution in [0.15, 0.2) is 18.3 Å². The van der Waals surface area contributed by atoms with Crippen LogP contribution in [0, 0.1) is 4.77 Å². The topological polar surface area (TPSA) is 61.5 Å². The maximum atomic E-state index is 12.3. The second-order valence-electron chi connectivity index (χ2n) is 3.88. The summed E-state index contributed by atoms with van der Waals surface area (Å²) in [5.41, 5.74) is 1.83. The van der Waals surface area contributed by atoms with Crippen molar-refractivity contribution in [3.63, 3.8) is 0 Å². The van der Waals surface area contributed by atoms with Gasteiger partial charge in [0.25, 0.3) is 0 Å². The highest BCUT2D eigenvalue weighted by molar-refractivity contribution is 7.71. The number of rotatable bonds is 4. The van der Waals surface area contributed by atoms with Crippen LogP contribution in [0.5, 0.6) is 0 Å². The lowest BCUT2D eigenvalue weighted by Crippen LogP contribution is -2.06. The predicted molar refractivity (Wildman–Crippen MR) is 72.7 cm³/mol. The highest BCUT2D eigenvalue weighted by Gasteiger charge is 2.16. The van der Waals surface area contributed by atoms with Crippen molar-refractivity contribution in [1.82, 2.24) is 15.0 Å². The summed E-state index contributed by atoms with van der Waals surface area (Å²) in [5, 5.41) is 0.363. The van der Waals surface area contributed by atoms with Crippen molar-refractivity contribution in [2.24, 2.45) is 0 Å². The van der Waals surface area contributed by atoms with Crippen LogP contribution in [0.4, 0.5) is 0 Å². The van der Waals surface area contributed by atoms with Crippen molar-refractivity contribution in [3.05, 3.63) is 45.2 Å². The Bertz CT molecular complexity index is 615. The van der Waals surface area contributed by atoms with Crippen LogP contribution in [-0.4, -0.2) is 20.7 Å². The lowest BCUT2D eigenvalue weighted by atomic mass is 10.1. The second-order valence-corrected chi connectivity index (χ2v) is 4.68. The van der Waals surface area contributed by atoms with Crippen molar-refractivity contribution >= 4 is 29.6 Å². The predicted octanol–water partition coefficient (Wildman–Crippen LogP) is 3.30. The number of carbonyl (C=O) groups excluding carboxylic acids is 1. The molecule has 4 nitrogen and oxygen atoms in total. The van der Waals surface area contributed by atoms with Gasteiger partial charge in [0.1, 0.15) is 10.8 Å². The molecule has 94 valence electrons. The van der Waals surface area contributed by atoms with Gasteiger partial charge in [-0.25, -0.2) is 4.98 Å². The van der Waals surface area contributed by atoms with Crippen molar-refractivity contribution in [1.29, 1.82) is 0 Å². The Morgan fingerprint density at radius 1 is 1.44 bits per heavy atom. The third kappa shape index (κ3) is 2.68. The highest BCUT2D eigenvalue weighted by Crippen LogP contribution is 2.14. The largest absolute Gasteiger partial charge is 0.334 e. The number of hydrogen-bond acceptors (Lipinski definition) is 3. The Balaban J connectivity index is 2.39. The van der Waals surface area contributed by atoms with Gasteiger partial charge in [-0.2, -0.15) is 0 Å². The van der Waals surface area contributed by atoms with Crippen LogP contribution in [0.1, 0.15) is 35.1 Å². The SMILES string of the molecule is CCCc1[nH]c(=S)[nH]c1C(=O)c1ccc(Cl)nc1. The van der Waals surface area contributed by atoms with Crippen LogP contribution < -0.4 is 0 Å². The molecule has 0 aliphatic heterocycles. The summed E-state index contributed by atoms with van der Waals surface area (Å²) in [6, 6.07) is 3.24. The van der Waals surface area contributed by atoms with E-state index < -0.39 is 0 Å². The molecule has 0 unspecified atom stereocenters. The smallest absolute Gasteiger partial charge is 0.212 e. The molecular formula is C12H12ClN3OS. The number of pyridine rings is 1. The van der Waals surface area contributed by atoms with Gasteiger partial charge in [-0.15, -0.1) is 0 Å². The number of H-pyrrole nitrogens is 2. The maximum absolute atomic E-state index is 12.3. The number of nitrogens with one attached hydrogen (secondary N) is 2. The third-order valence-corrected chi connectivity index (χ3v) is 2.95. The first kappa shape index (κ1) is 13.0. The number of imidazole rings is 1. The fourth-order valence-corrected chi connectivity index (χ4v) is 2.04. The lowest BCUT2D eigenvalue weighted by Gasteiger charge is -2.01. The fraction of sp³-hybridized carbons (Fsp3) is 0.250. The Morgan fingerprint density at radius 2 is 2.22 bits per heavy atom. The van der Waals surface area contributed by atoms with Gasteiger partial charge in [0, 0.05) is 17.5 Å². The zero-order valence-corrected chi connectivity index (χ0v) is 11.4. The van der Waals surface area contributed by atoms with Crippen molar-refractivity contribution in [2.45, 2.75) is 19.8 Å². The summed E-state index contributed by atoms with van der Waals surface area (Å²) in [6.45, 7) is 2.04. The normalized spacial score (nSPS) is 10.6. The number of ketones is 1. The molecule has 2 rings (SSSR count). The number of aromatic nitrogens is 3. The van der Waals surface area contributed by atoms with E-state index in [9.17, 15) is 4.79 Å². The number of nitrogens with zero attached hydrogens (tertiary/aromatic N) is 1. The first-order chi connectivity index (χ1) is 8.61. The van der Waals surface area contributed by atoms with E-state index in [4.69, 9.17) is 23.8 Å². The zero-order valence-electron chi connectivity index (χ0n) is 9.79. The highest BCUT2D eigenvalue weighted by atomic mass is 35.5. The Hall–Kier alpha value is -1.46. The van der Waals surface area contributed by atoms with Crippen LogP contribution in [0.25, 0.3) is 0 Å². The number of carbonyl (C=O) groups is 1.